The molecule has 0 radical (unpaired) electrons. The summed E-state index contributed by atoms with van der Waals surface area (Å²) in [7, 11) is 1.54. The Bertz CT molecular complexity index is 453. The smallest absolute Gasteiger partial charge is 0.338 e. The third-order valence-corrected chi connectivity index (χ3v) is 3.05. The van der Waals surface area contributed by atoms with Crippen molar-refractivity contribution in [2.75, 3.05) is 7.11 Å². The maximum atomic E-state index is 11.9. The van der Waals surface area contributed by atoms with Crippen molar-refractivity contribution in [1.82, 2.24) is 0 Å². The van der Waals surface area contributed by atoms with Gasteiger partial charge in [-0.25, -0.2) is 4.79 Å². The number of esters is 1. The lowest BCUT2D eigenvalue weighted by Crippen LogP contribution is -2.30. The maximum absolute atomic E-state index is 11.9. The van der Waals surface area contributed by atoms with Crippen LogP contribution in [-0.2, 0) is 9.53 Å². The Labute approximate surface area is 106 Å². The van der Waals surface area contributed by atoms with E-state index in [1.807, 2.05) is 0 Å². The minimum absolute atomic E-state index is 0.0255. The summed E-state index contributed by atoms with van der Waals surface area (Å²) < 4.78 is 10.3. The van der Waals surface area contributed by atoms with E-state index in [4.69, 9.17) is 9.47 Å². The Hall–Kier alpha value is -1.84. The van der Waals surface area contributed by atoms with Gasteiger partial charge in [0.15, 0.2) is 11.9 Å². The van der Waals surface area contributed by atoms with E-state index in [1.54, 1.807) is 24.3 Å². The molecule has 1 aromatic carbocycles. The second kappa shape index (κ2) is 5.67. The maximum Gasteiger partial charge on any atom is 0.338 e. The van der Waals surface area contributed by atoms with Crippen LogP contribution in [0.25, 0.3) is 0 Å². The summed E-state index contributed by atoms with van der Waals surface area (Å²) in [5.74, 6) is 0.158. The lowest BCUT2D eigenvalue weighted by atomic mass is 9.96. The van der Waals surface area contributed by atoms with E-state index < -0.39 is 12.1 Å². The molecular weight excluding hydrogens is 232 g/mol. The summed E-state index contributed by atoms with van der Waals surface area (Å²) in [6, 6.07) is 6.73. The molecule has 0 saturated heterocycles. The van der Waals surface area contributed by atoms with Gasteiger partial charge in [0, 0.05) is 6.42 Å². The highest BCUT2D eigenvalue weighted by molar-refractivity contribution is 5.93. The third-order valence-electron chi connectivity index (χ3n) is 3.05. The highest BCUT2D eigenvalue weighted by Gasteiger charge is 2.26. The number of ketones is 1. The number of carbonyl (C=O) groups is 2. The lowest BCUT2D eigenvalue weighted by Gasteiger charge is -2.20. The van der Waals surface area contributed by atoms with Crippen LogP contribution >= 0.6 is 0 Å². The molecule has 1 fully saturated rings. The molecule has 4 heteroatoms. The Morgan fingerprint density at radius 1 is 1.33 bits per heavy atom. The van der Waals surface area contributed by atoms with E-state index in [1.165, 1.54) is 7.11 Å². The largest absolute Gasteiger partial charge is 0.497 e. The molecule has 4 nitrogen and oxygen atoms in total. The quantitative estimate of drug-likeness (QED) is 0.770. The number of ether oxygens (including phenoxy) is 2. The molecular formula is C14H16O4. The molecule has 0 unspecified atom stereocenters. The Balaban J connectivity index is 2.04. The van der Waals surface area contributed by atoms with E-state index in [9.17, 15) is 9.59 Å². The predicted molar refractivity (Wildman–Crippen MR) is 65.7 cm³/mol. The molecule has 0 amide bonds. The number of Topliss-reactive ketones (excluding diaryl/α,β-unsaturated/α-hetero) is 1. The second-order valence-corrected chi connectivity index (χ2v) is 4.34. The van der Waals surface area contributed by atoms with Gasteiger partial charge in [-0.3, -0.25) is 4.79 Å². The van der Waals surface area contributed by atoms with Gasteiger partial charge in [0.25, 0.3) is 0 Å². The van der Waals surface area contributed by atoms with Gasteiger partial charge < -0.3 is 9.47 Å². The molecule has 0 N–H and O–H groups in total. The minimum Gasteiger partial charge on any atom is -0.497 e. The fourth-order valence-electron chi connectivity index (χ4n) is 2.02. The van der Waals surface area contributed by atoms with Gasteiger partial charge in [0.1, 0.15) is 5.75 Å². The summed E-state index contributed by atoms with van der Waals surface area (Å²) >= 11 is 0. The van der Waals surface area contributed by atoms with Crippen LogP contribution in [0.1, 0.15) is 36.0 Å². The van der Waals surface area contributed by atoms with Crippen LogP contribution in [-0.4, -0.2) is 25.0 Å². The highest BCUT2D eigenvalue weighted by Crippen LogP contribution is 2.20. The van der Waals surface area contributed by atoms with E-state index in [2.05, 4.69) is 0 Å². The standard InChI is InChI=1S/C14H16O4/c1-17-11-6-4-5-10(9-11)14(16)18-13-8-3-2-7-12(13)15/h4-6,9,13H,2-3,7-8H2,1H3/t13-/m0/s1. The van der Waals surface area contributed by atoms with Crippen molar-refractivity contribution in [3.05, 3.63) is 29.8 Å². The first-order valence-electron chi connectivity index (χ1n) is 6.08. The van der Waals surface area contributed by atoms with Crippen LogP contribution in [0.5, 0.6) is 5.75 Å². The molecule has 1 aromatic rings. The average molecular weight is 248 g/mol. The van der Waals surface area contributed by atoms with Crippen molar-refractivity contribution in [3.63, 3.8) is 0 Å². The molecule has 0 spiro atoms. The molecule has 0 heterocycles. The number of hydrogen-bond acceptors (Lipinski definition) is 4. The van der Waals surface area contributed by atoms with Crippen molar-refractivity contribution in [1.29, 1.82) is 0 Å². The summed E-state index contributed by atoms with van der Waals surface area (Å²) in [6.07, 6.45) is 2.40. The monoisotopic (exact) mass is 248 g/mol. The Morgan fingerprint density at radius 3 is 2.89 bits per heavy atom. The highest BCUT2D eigenvalue weighted by atomic mass is 16.5. The van der Waals surface area contributed by atoms with Crippen LogP contribution < -0.4 is 4.74 Å². The van der Waals surface area contributed by atoms with E-state index in [0.29, 0.717) is 24.2 Å². The molecule has 96 valence electrons. The summed E-state index contributed by atoms with van der Waals surface area (Å²) in [5, 5.41) is 0. The average Bonchev–Trinajstić information content (AvgIpc) is 2.41. The van der Waals surface area contributed by atoms with Gasteiger partial charge >= 0.3 is 5.97 Å². The second-order valence-electron chi connectivity index (χ2n) is 4.34. The lowest BCUT2D eigenvalue weighted by molar-refractivity contribution is -0.129. The van der Waals surface area contributed by atoms with E-state index >= 15 is 0 Å². The van der Waals surface area contributed by atoms with Gasteiger partial charge in [0.2, 0.25) is 0 Å². The summed E-state index contributed by atoms with van der Waals surface area (Å²) in [6.45, 7) is 0. The van der Waals surface area contributed by atoms with Crippen molar-refractivity contribution >= 4 is 11.8 Å². The van der Waals surface area contributed by atoms with Crippen LogP contribution in [0.2, 0.25) is 0 Å². The zero-order valence-electron chi connectivity index (χ0n) is 10.3. The zero-order valence-corrected chi connectivity index (χ0v) is 10.3. The first-order valence-corrected chi connectivity index (χ1v) is 6.08. The van der Waals surface area contributed by atoms with Gasteiger partial charge in [-0.2, -0.15) is 0 Å². The van der Waals surface area contributed by atoms with Crippen LogP contribution in [0.15, 0.2) is 24.3 Å². The van der Waals surface area contributed by atoms with Crippen molar-refractivity contribution < 1.29 is 19.1 Å². The van der Waals surface area contributed by atoms with Crippen molar-refractivity contribution in [3.8, 4) is 5.75 Å². The fourth-order valence-corrected chi connectivity index (χ4v) is 2.02. The normalized spacial score (nSPS) is 19.4. The minimum atomic E-state index is -0.572. The first-order chi connectivity index (χ1) is 8.70. The number of benzene rings is 1. The van der Waals surface area contributed by atoms with Crippen molar-refractivity contribution in [2.24, 2.45) is 0 Å². The number of carbonyl (C=O) groups excluding carboxylic acids is 2. The van der Waals surface area contributed by atoms with Crippen LogP contribution in [0.3, 0.4) is 0 Å². The number of hydrogen-bond donors (Lipinski definition) is 0. The molecule has 0 aromatic heterocycles. The van der Waals surface area contributed by atoms with Gasteiger partial charge in [0.05, 0.1) is 12.7 Å². The molecule has 2 rings (SSSR count). The molecule has 1 atom stereocenters. The molecule has 1 saturated carbocycles. The molecule has 18 heavy (non-hydrogen) atoms. The summed E-state index contributed by atoms with van der Waals surface area (Å²) in [5.41, 5.74) is 0.410. The molecule has 1 aliphatic carbocycles. The Morgan fingerprint density at radius 2 is 2.17 bits per heavy atom. The molecule has 1 aliphatic rings. The fraction of sp³-hybridized carbons (Fsp3) is 0.429. The molecule has 0 bridgehead atoms. The first kappa shape index (κ1) is 12.6. The molecule has 0 aliphatic heterocycles. The van der Waals surface area contributed by atoms with Crippen LogP contribution in [0, 0.1) is 0 Å². The topological polar surface area (TPSA) is 52.6 Å². The van der Waals surface area contributed by atoms with E-state index in [0.717, 1.165) is 12.8 Å². The van der Waals surface area contributed by atoms with Gasteiger partial charge in [-0.1, -0.05) is 6.07 Å². The summed E-state index contributed by atoms with van der Waals surface area (Å²) in [4.78, 5) is 23.5. The van der Waals surface area contributed by atoms with E-state index in [-0.39, 0.29) is 5.78 Å². The van der Waals surface area contributed by atoms with Crippen molar-refractivity contribution in [2.45, 2.75) is 31.8 Å². The SMILES string of the molecule is COc1cccc(C(=O)O[C@H]2CCCCC2=O)c1. The predicted octanol–water partition coefficient (Wildman–Crippen LogP) is 2.36. The zero-order chi connectivity index (χ0) is 13.0. The Kier molecular flexibility index (Phi) is 3.97. The number of rotatable bonds is 3. The van der Waals surface area contributed by atoms with Gasteiger partial charge in [-0.05, 0) is 37.5 Å². The third kappa shape index (κ3) is 2.88. The number of methoxy groups -OCH3 is 1. The van der Waals surface area contributed by atoms with Gasteiger partial charge in [-0.15, -0.1) is 0 Å². The van der Waals surface area contributed by atoms with Crippen LogP contribution in [0.4, 0.5) is 0 Å².